The maximum Gasteiger partial charge on any atom is 0.138 e. The van der Waals surface area contributed by atoms with Crippen LogP contribution in [0.2, 0.25) is 0 Å². The summed E-state index contributed by atoms with van der Waals surface area (Å²) in [5.74, 6) is 0. The Morgan fingerprint density at radius 1 is 0.789 bits per heavy atom. The van der Waals surface area contributed by atoms with Crippen LogP contribution in [0.5, 0.6) is 0 Å². The molecular formula is C16H24N2O. The molecule has 104 valence electrons. The second-order valence-electron chi connectivity index (χ2n) is 5.38. The summed E-state index contributed by atoms with van der Waals surface area (Å²) in [5, 5.41) is 8.17. The van der Waals surface area contributed by atoms with Crippen LogP contribution in [0, 0.1) is 13.8 Å². The normalized spacial score (nSPS) is 11.4. The molecule has 0 aliphatic rings. The molecule has 19 heavy (non-hydrogen) atoms. The predicted molar refractivity (Wildman–Crippen MR) is 78.5 cm³/mol. The highest BCUT2D eigenvalue weighted by Crippen LogP contribution is 2.30. The molecule has 2 aromatic rings. The van der Waals surface area contributed by atoms with Gasteiger partial charge in [-0.3, -0.25) is 0 Å². The molecule has 0 saturated carbocycles. The smallest absolute Gasteiger partial charge is 0.138 e. The average Bonchev–Trinajstić information content (AvgIpc) is 2.90. The Labute approximate surface area is 115 Å². The van der Waals surface area contributed by atoms with Crippen LogP contribution in [0.1, 0.15) is 61.8 Å². The van der Waals surface area contributed by atoms with Crippen LogP contribution in [0.15, 0.2) is 4.63 Å². The van der Waals surface area contributed by atoms with Gasteiger partial charge in [-0.15, -0.1) is 0 Å². The topological polar surface area (TPSA) is 38.9 Å². The van der Waals surface area contributed by atoms with E-state index in [-0.39, 0.29) is 0 Å². The minimum atomic E-state index is 0.948. The van der Waals surface area contributed by atoms with Crippen molar-refractivity contribution in [2.45, 2.75) is 66.2 Å². The predicted octanol–water partition coefficient (Wildman–Crippen LogP) is 4.52. The molecule has 0 aliphatic carbocycles. The van der Waals surface area contributed by atoms with Crippen molar-refractivity contribution in [3.63, 3.8) is 0 Å². The Morgan fingerprint density at radius 2 is 1.21 bits per heavy atom. The van der Waals surface area contributed by atoms with E-state index in [0.717, 1.165) is 23.9 Å². The molecule has 0 spiro atoms. The van der Waals surface area contributed by atoms with Crippen molar-refractivity contribution < 1.29 is 4.63 Å². The van der Waals surface area contributed by atoms with Crippen LogP contribution < -0.4 is 0 Å². The Hall–Kier alpha value is -1.38. The average molecular weight is 260 g/mol. The maximum atomic E-state index is 4.95. The third-order valence-corrected chi connectivity index (χ3v) is 4.03. The molecule has 0 aliphatic heterocycles. The van der Waals surface area contributed by atoms with E-state index in [1.54, 1.807) is 0 Å². The molecule has 3 nitrogen and oxygen atoms in total. The fourth-order valence-corrected chi connectivity index (χ4v) is 2.80. The van der Waals surface area contributed by atoms with Crippen molar-refractivity contribution in [2.75, 3.05) is 0 Å². The highest BCUT2D eigenvalue weighted by Gasteiger charge is 2.17. The number of hydrogen-bond acceptors (Lipinski definition) is 3. The number of aryl methyl sites for hydroxylation is 2. The lowest BCUT2D eigenvalue weighted by molar-refractivity contribution is 0.315. The quantitative estimate of drug-likeness (QED) is 0.766. The van der Waals surface area contributed by atoms with Gasteiger partial charge in [-0.05, 0) is 72.1 Å². The Morgan fingerprint density at radius 3 is 1.58 bits per heavy atom. The Bertz CT molecular complexity index is 509. The molecular weight excluding hydrogens is 236 g/mol. The fraction of sp³-hybridized carbons (Fsp3) is 0.625. The maximum absolute atomic E-state index is 4.95. The summed E-state index contributed by atoms with van der Waals surface area (Å²) >= 11 is 0. The Kier molecular flexibility index (Phi) is 4.56. The molecule has 0 fully saturated rings. The van der Waals surface area contributed by atoms with Gasteiger partial charge in [-0.1, -0.05) is 26.7 Å². The summed E-state index contributed by atoms with van der Waals surface area (Å²) < 4.78 is 4.95. The van der Waals surface area contributed by atoms with Gasteiger partial charge in [0.25, 0.3) is 0 Å². The van der Waals surface area contributed by atoms with E-state index in [2.05, 4.69) is 38.0 Å². The van der Waals surface area contributed by atoms with Crippen molar-refractivity contribution in [2.24, 2.45) is 0 Å². The molecule has 0 atom stereocenters. The van der Waals surface area contributed by atoms with Gasteiger partial charge in [-0.25, -0.2) is 4.63 Å². The van der Waals surface area contributed by atoms with Crippen LogP contribution in [0.4, 0.5) is 0 Å². The van der Waals surface area contributed by atoms with E-state index < -0.39 is 0 Å². The van der Waals surface area contributed by atoms with Crippen LogP contribution in [0.3, 0.4) is 0 Å². The lowest BCUT2D eigenvalue weighted by Gasteiger charge is -2.15. The number of nitrogens with zero attached hydrogens (tertiary/aromatic N) is 2. The van der Waals surface area contributed by atoms with E-state index in [1.807, 2.05) is 0 Å². The zero-order chi connectivity index (χ0) is 13.8. The van der Waals surface area contributed by atoms with E-state index in [9.17, 15) is 0 Å². The van der Waals surface area contributed by atoms with Gasteiger partial charge in [0.1, 0.15) is 11.0 Å². The van der Waals surface area contributed by atoms with Crippen LogP contribution in [0.25, 0.3) is 11.0 Å². The van der Waals surface area contributed by atoms with E-state index in [0.29, 0.717) is 0 Å². The van der Waals surface area contributed by atoms with E-state index >= 15 is 0 Å². The SMILES string of the molecule is CCCCc1c(CCCC)c(C)c2nonc2c1C. The van der Waals surface area contributed by atoms with Crippen molar-refractivity contribution in [1.29, 1.82) is 0 Å². The molecule has 3 heteroatoms. The largest absolute Gasteiger partial charge is 0.243 e. The fourth-order valence-electron chi connectivity index (χ4n) is 2.80. The van der Waals surface area contributed by atoms with Crippen LogP contribution in [-0.4, -0.2) is 10.3 Å². The number of rotatable bonds is 6. The van der Waals surface area contributed by atoms with Gasteiger partial charge >= 0.3 is 0 Å². The van der Waals surface area contributed by atoms with Crippen molar-refractivity contribution in [3.8, 4) is 0 Å². The minimum absolute atomic E-state index is 0.948. The number of unbranched alkanes of at least 4 members (excludes halogenated alkanes) is 2. The molecule has 1 aromatic carbocycles. The van der Waals surface area contributed by atoms with Gasteiger partial charge in [-0.2, -0.15) is 0 Å². The molecule has 0 bridgehead atoms. The standard InChI is InChI=1S/C16H24N2O/c1-5-7-9-13-11(3)15-16(18-19-17-15)12(4)14(13)10-8-6-2/h5-10H2,1-4H3. The first-order valence-electron chi connectivity index (χ1n) is 7.43. The monoisotopic (exact) mass is 260 g/mol. The first-order valence-corrected chi connectivity index (χ1v) is 7.43. The molecule has 0 saturated heterocycles. The summed E-state index contributed by atoms with van der Waals surface area (Å²) in [4.78, 5) is 0. The summed E-state index contributed by atoms with van der Waals surface area (Å²) in [5.41, 5.74) is 7.39. The first kappa shape index (κ1) is 14.0. The second kappa shape index (κ2) is 6.18. The third kappa shape index (κ3) is 2.65. The van der Waals surface area contributed by atoms with Crippen molar-refractivity contribution in [3.05, 3.63) is 22.3 Å². The van der Waals surface area contributed by atoms with Crippen molar-refractivity contribution in [1.82, 2.24) is 10.3 Å². The molecule has 0 amide bonds. The zero-order valence-corrected chi connectivity index (χ0v) is 12.5. The lowest BCUT2D eigenvalue weighted by Crippen LogP contribution is -2.03. The number of fused-ring (bicyclic) bond motifs is 1. The van der Waals surface area contributed by atoms with E-state index in [4.69, 9.17) is 4.63 Å². The van der Waals surface area contributed by atoms with Gasteiger partial charge in [0.05, 0.1) is 0 Å². The molecule has 0 N–H and O–H groups in total. The van der Waals surface area contributed by atoms with Gasteiger partial charge < -0.3 is 0 Å². The summed E-state index contributed by atoms with van der Waals surface area (Å²) in [6.07, 6.45) is 7.20. The van der Waals surface area contributed by atoms with Gasteiger partial charge in [0.15, 0.2) is 0 Å². The van der Waals surface area contributed by atoms with Gasteiger partial charge in [0.2, 0.25) is 0 Å². The molecule has 1 aromatic heterocycles. The number of aromatic nitrogens is 2. The Balaban J connectivity index is 2.55. The highest BCUT2D eigenvalue weighted by molar-refractivity contribution is 5.83. The summed E-state index contributed by atoms with van der Waals surface area (Å²) in [6.45, 7) is 8.80. The zero-order valence-electron chi connectivity index (χ0n) is 12.5. The lowest BCUT2D eigenvalue weighted by atomic mass is 9.89. The third-order valence-electron chi connectivity index (χ3n) is 4.03. The molecule has 0 unspecified atom stereocenters. The summed E-state index contributed by atoms with van der Waals surface area (Å²) in [6, 6.07) is 0. The highest BCUT2D eigenvalue weighted by atomic mass is 16.6. The van der Waals surface area contributed by atoms with Gasteiger partial charge in [0, 0.05) is 0 Å². The number of benzene rings is 1. The van der Waals surface area contributed by atoms with Crippen LogP contribution in [-0.2, 0) is 12.8 Å². The molecule has 1 heterocycles. The van der Waals surface area contributed by atoms with E-state index in [1.165, 1.54) is 47.9 Å². The first-order chi connectivity index (χ1) is 9.20. The minimum Gasteiger partial charge on any atom is -0.243 e. The second-order valence-corrected chi connectivity index (χ2v) is 5.38. The molecule has 0 radical (unpaired) electrons. The van der Waals surface area contributed by atoms with Crippen LogP contribution >= 0.6 is 0 Å². The van der Waals surface area contributed by atoms with Crippen molar-refractivity contribution >= 4 is 11.0 Å². The summed E-state index contributed by atoms with van der Waals surface area (Å²) in [7, 11) is 0. The molecule has 2 rings (SSSR count). The number of hydrogen-bond donors (Lipinski definition) is 0.